The van der Waals surface area contributed by atoms with Gasteiger partial charge in [0.1, 0.15) is 12.2 Å². The van der Waals surface area contributed by atoms with Crippen molar-refractivity contribution in [3.63, 3.8) is 0 Å². The number of nitro groups is 1. The van der Waals surface area contributed by atoms with Crippen LogP contribution in [0.2, 0.25) is 5.02 Å². The zero-order chi connectivity index (χ0) is 18.4. The molecule has 0 aliphatic heterocycles. The maximum Gasteiger partial charge on any atom is 0.345 e. The average molecular weight is 366 g/mol. The predicted octanol–water partition coefficient (Wildman–Crippen LogP) is 4.01. The van der Waals surface area contributed by atoms with Gasteiger partial charge in [-0.3, -0.25) is 10.1 Å². The topological polar surface area (TPSA) is 87.9 Å². The van der Waals surface area contributed by atoms with E-state index in [0.29, 0.717) is 17.2 Å². The lowest BCUT2D eigenvalue weighted by molar-refractivity contribution is -0.385. The number of esters is 1. The number of rotatable bonds is 7. The molecule has 7 nitrogen and oxygen atoms in total. The first-order chi connectivity index (χ1) is 12.0. The molecule has 132 valence electrons. The number of hydrogen-bond donors (Lipinski definition) is 0. The number of carbonyl (C=O) groups excluding carboxylic acids is 1. The van der Waals surface area contributed by atoms with E-state index in [1.165, 1.54) is 13.2 Å². The summed E-state index contributed by atoms with van der Waals surface area (Å²) in [6.45, 7) is 1.95. The first-order valence-electron chi connectivity index (χ1n) is 7.37. The van der Waals surface area contributed by atoms with Crippen LogP contribution in [0.25, 0.3) is 0 Å². The highest BCUT2D eigenvalue weighted by Crippen LogP contribution is 2.35. The van der Waals surface area contributed by atoms with E-state index in [4.69, 9.17) is 25.8 Å². The molecule has 0 bridgehead atoms. The van der Waals surface area contributed by atoms with Gasteiger partial charge in [-0.1, -0.05) is 29.8 Å². The van der Waals surface area contributed by atoms with Crippen molar-refractivity contribution in [2.45, 2.75) is 13.5 Å². The normalized spacial score (nSPS) is 10.2. The fourth-order valence-corrected chi connectivity index (χ4v) is 2.32. The fraction of sp³-hybridized carbons (Fsp3) is 0.235. The second-order valence-electron chi connectivity index (χ2n) is 4.88. The number of halogens is 1. The maximum absolute atomic E-state index is 12.3. The Kier molecular flexibility index (Phi) is 6.19. The predicted molar refractivity (Wildman–Crippen MR) is 91.4 cm³/mol. The van der Waals surface area contributed by atoms with E-state index < -0.39 is 16.6 Å². The first kappa shape index (κ1) is 18.5. The SMILES string of the molecule is CCOc1cc(C(=O)OCc2ccccc2Cl)c([N+](=O)[O-])cc1OC. The van der Waals surface area contributed by atoms with Crippen LogP contribution < -0.4 is 9.47 Å². The molecule has 0 amide bonds. The van der Waals surface area contributed by atoms with E-state index in [1.54, 1.807) is 31.2 Å². The molecule has 8 heteroatoms. The minimum Gasteiger partial charge on any atom is -0.493 e. The third kappa shape index (κ3) is 4.39. The van der Waals surface area contributed by atoms with Crippen LogP contribution in [0.3, 0.4) is 0 Å². The van der Waals surface area contributed by atoms with Crippen LogP contribution in [0.1, 0.15) is 22.8 Å². The molecular formula is C17H16ClNO6. The van der Waals surface area contributed by atoms with Gasteiger partial charge in [0, 0.05) is 16.7 Å². The molecule has 0 N–H and O–H groups in total. The van der Waals surface area contributed by atoms with Crippen LogP contribution in [0.15, 0.2) is 36.4 Å². The number of nitrogens with zero attached hydrogens (tertiary/aromatic N) is 1. The van der Waals surface area contributed by atoms with Crippen LogP contribution in [-0.2, 0) is 11.3 Å². The first-order valence-corrected chi connectivity index (χ1v) is 7.75. The molecule has 0 fully saturated rings. The van der Waals surface area contributed by atoms with E-state index in [1.807, 2.05) is 0 Å². The van der Waals surface area contributed by atoms with Gasteiger partial charge in [0.25, 0.3) is 5.69 Å². The maximum atomic E-state index is 12.3. The quantitative estimate of drug-likeness (QED) is 0.418. The van der Waals surface area contributed by atoms with Crippen molar-refractivity contribution in [3.05, 3.63) is 62.7 Å². The summed E-state index contributed by atoms with van der Waals surface area (Å²) in [5.74, 6) is -0.466. The van der Waals surface area contributed by atoms with E-state index in [2.05, 4.69) is 0 Å². The van der Waals surface area contributed by atoms with E-state index in [9.17, 15) is 14.9 Å². The molecule has 0 aromatic heterocycles. The summed E-state index contributed by atoms with van der Waals surface area (Å²) in [7, 11) is 1.36. The van der Waals surface area contributed by atoms with Crippen molar-refractivity contribution >= 4 is 23.3 Å². The molecule has 25 heavy (non-hydrogen) atoms. The average Bonchev–Trinajstić information content (AvgIpc) is 2.60. The van der Waals surface area contributed by atoms with Crippen molar-refractivity contribution in [2.24, 2.45) is 0 Å². The van der Waals surface area contributed by atoms with E-state index >= 15 is 0 Å². The van der Waals surface area contributed by atoms with Gasteiger partial charge in [0.2, 0.25) is 0 Å². The van der Waals surface area contributed by atoms with Gasteiger partial charge in [-0.05, 0) is 13.0 Å². The molecule has 0 radical (unpaired) electrons. The number of methoxy groups -OCH3 is 1. The molecule has 0 heterocycles. The van der Waals surface area contributed by atoms with Gasteiger partial charge in [0.05, 0.1) is 24.7 Å². The van der Waals surface area contributed by atoms with Gasteiger partial charge in [-0.2, -0.15) is 0 Å². The zero-order valence-corrected chi connectivity index (χ0v) is 14.4. The Balaban J connectivity index is 2.32. The lowest BCUT2D eigenvalue weighted by Crippen LogP contribution is -2.10. The summed E-state index contributed by atoms with van der Waals surface area (Å²) >= 11 is 6.01. The Hall–Kier alpha value is -2.80. The molecule has 2 rings (SSSR count). The standard InChI is InChI=1S/C17H16ClNO6/c1-3-24-16-8-12(14(19(21)22)9-15(16)23-2)17(20)25-10-11-6-4-5-7-13(11)18/h4-9H,3,10H2,1-2H3. The monoisotopic (exact) mass is 365 g/mol. The number of carbonyl (C=O) groups is 1. The summed E-state index contributed by atoms with van der Waals surface area (Å²) in [5.41, 5.74) is -0.0514. The van der Waals surface area contributed by atoms with Gasteiger partial charge in [0.15, 0.2) is 11.5 Å². The van der Waals surface area contributed by atoms with Crippen LogP contribution in [0.5, 0.6) is 11.5 Å². The van der Waals surface area contributed by atoms with E-state index in [0.717, 1.165) is 6.07 Å². The Morgan fingerprint density at radius 3 is 2.56 bits per heavy atom. The van der Waals surface area contributed by atoms with E-state index in [-0.39, 0.29) is 23.7 Å². The molecule has 0 aliphatic carbocycles. The third-order valence-electron chi connectivity index (χ3n) is 3.32. The van der Waals surface area contributed by atoms with Gasteiger partial charge < -0.3 is 14.2 Å². The Labute approximate surface area is 149 Å². The van der Waals surface area contributed by atoms with Gasteiger partial charge in [-0.15, -0.1) is 0 Å². The van der Waals surface area contributed by atoms with Crippen molar-refractivity contribution in [1.29, 1.82) is 0 Å². The highest BCUT2D eigenvalue weighted by Gasteiger charge is 2.26. The van der Waals surface area contributed by atoms with Crippen molar-refractivity contribution in [3.8, 4) is 11.5 Å². The van der Waals surface area contributed by atoms with Crippen LogP contribution in [0.4, 0.5) is 5.69 Å². The van der Waals surface area contributed by atoms with Gasteiger partial charge in [-0.25, -0.2) is 4.79 Å². The van der Waals surface area contributed by atoms with Gasteiger partial charge >= 0.3 is 5.97 Å². The lowest BCUT2D eigenvalue weighted by atomic mass is 10.1. The molecular weight excluding hydrogens is 350 g/mol. The highest BCUT2D eigenvalue weighted by atomic mass is 35.5. The Bertz CT molecular complexity index is 793. The summed E-state index contributed by atoms with van der Waals surface area (Å²) in [6.07, 6.45) is 0. The largest absolute Gasteiger partial charge is 0.493 e. The zero-order valence-electron chi connectivity index (χ0n) is 13.7. The molecule has 0 saturated carbocycles. The fourth-order valence-electron chi connectivity index (χ4n) is 2.13. The molecule has 2 aromatic carbocycles. The number of benzene rings is 2. The Morgan fingerprint density at radius 2 is 1.96 bits per heavy atom. The van der Waals surface area contributed by atoms with Crippen LogP contribution >= 0.6 is 11.6 Å². The smallest absolute Gasteiger partial charge is 0.345 e. The number of hydrogen-bond acceptors (Lipinski definition) is 6. The second-order valence-corrected chi connectivity index (χ2v) is 5.29. The minimum absolute atomic E-state index is 0.105. The third-order valence-corrected chi connectivity index (χ3v) is 3.68. The molecule has 2 aromatic rings. The molecule has 0 saturated heterocycles. The minimum atomic E-state index is -0.852. The summed E-state index contributed by atoms with van der Waals surface area (Å²) in [5, 5.41) is 11.7. The molecule has 0 unspecified atom stereocenters. The summed E-state index contributed by atoms with van der Waals surface area (Å²) in [4.78, 5) is 22.9. The van der Waals surface area contributed by atoms with Crippen LogP contribution in [0, 0.1) is 10.1 Å². The highest BCUT2D eigenvalue weighted by molar-refractivity contribution is 6.31. The van der Waals surface area contributed by atoms with Crippen molar-refractivity contribution in [2.75, 3.05) is 13.7 Å². The lowest BCUT2D eigenvalue weighted by Gasteiger charge is -2.12. The summed E-state index contributed by atoms with van der Waals surface area (Å²) < 4.78 is 15.6. The van der Waals surface area contributed by atoms with Crippen molar-refractivity contribution < 1.29 is 23.9 Å². The molecule has 0 atom stereocenters. The summed E-state index contributed by atoms with van der Waals surface area (Å²) in [6, 6.07) is 9.23. The molecule has 0 aliphatic rings. The number of ether oxygens (including phenoxy) is 3. The molecule has 0 spiro atoms. The van der Waals surface area contributed by atoms with Crippen molar-refractivity contribution in [1.82, 2.24) is 0 Å². The second kappa shape index (κ2) is 8.34. The number of nitro benzene ring substituents is 1. The van der Waals surface area contributed by atoms with Crippen LogP contribution in [-0.4, -0.2) is 24.6 Å². The Morgan fingerprint density at radius 1 is 1.24 bits per heavy atom.